The molecule has 10 heteroatoms. The van der Waals surface area contributed by atoms with Crippen molar-refractivity contribution >= 4 is 40.8 Å². The number of carbonyl (C=O) groups excluding carboxylic acids is 2. The molecule has 2 aromatic heterocycles. The molecule has 31 heavy (non-hydrogen) atoms. The normalized spacial score (nSPS) is 15.8. The number of hydrogen-bond acceptors (Lipinski definition) is 7. The molecule has 0 saturated carbocycles. The minimum atomic E-state index is -0.463. The topological polar surface area (TPSA) is 104 Å². The predicted molar refractivity (Wildman–Crippen MR) is 116 cm³/mol. The Bertz CT molecular complexity index is 1160. The van der Waals surface area contributed by atoms with E-state index < -0.39 is 5.91 Å². The smallest absolute Gasteiger partial charge is 0.305 e. The number of nitrogens with zero attached hydrogens (tertiary/aromatic N) is 4. The SMILES string of the molecule is O=C(Nc1cnccc1N1CCNCC1)c1cnc(N2Cc3cc(Cl)ccc3C2=O)o1. The Morgan fingerprint density at radius 3 is 2.87 bits per heavy atom. The van der Waals surface area contributed by atoms with Gasteiger partial charge in [-0.2, -0.15) is 0 Å². The summed E-state index contributed by atoms with van der Waals surface area (Å²) >= 11 is 6.02. The molecule has 158 valence electrons. The molecule has 4 heterocycles. The fraction of sp³-hybridized carbons (Fsp3) is 0.238. The molecule has 2 aliphatic rings. The zero-order valence-corrected chi connectivity index (χ0v) is 17.2. The minimum absolute atomic E-state index is 0.00639. The fourth-order valence-electron chi connectivity index (χ4n) is 3.79. The molecule has 0 atom stereocenters. The number of amides is 2. The minimum Gasteiger partial charge on any atom is -0.418 e. The van der Waals surface area contributed by atoms with Gasteiger partial charge in [0.05, 0.1) is 30.3 Å². The van der Waals surface area contributed by atoms with Gasteiger partial charge >= 0.3 is 6.01 Å². The summed E-state index contributed by atoms with van der Waals surface area (Å²) < 4.78 is 5.62. The molecule has 2 aliphatic heterocycles. The highest BCUT2D eigenvalue weighted by molar-refractivity contribution is 6.31. The number of fused-ring (bicyclic) bond motifs is 1. The van der Waals surface area contributed by atoms with Gasteiger partial charge in [-0.3, -0.25) is 19.5 Å². The van der Waals surface area contributed by atoms with Gasteiger partial charge in [-0.05, 0) is 29.8 Å². The molecule has 0 spiro atoms. The van der Waals surface area contributed by atoms with Crippen LogP contribution >= 0.6 is 11.6 Å². The number of oxazole rings is 1. The van der Waals surface area contributed by atoms with Crippen LogP contribution in [-0.2, 0) is 6.54 Å². The van der Waals surface area contributed by atoms with Crippen LogP contribution in [0.15, 0.2) is 47.3 Å². The number of nitrogens with one attached hydrogen (secondary N) is 2. The maximum atomic E-state index is 12.8. The molecule has 5 rings (SSSR count). The van der Waals surface area contributed by atoms with Crippen molar-refractivity contribution in [2.45, 2.75) is 6.54 Å². The van der Waals surface area contributed by atoms with Crippen molar-refractivity contribution < 1.29 is 14.0 Å². The van der Waals surface area contributed by atoms with Gasteiger partial charge in [0.2, 0.25) is 5.76 Å². The lowest BCUT2D eigenvalue weighted by molar-refractivity contribution is 0.0974. The Hall–Kier alpha value is -3.43. The van der Waals surface area contributed by atoms with E-state index in [1.807, 2.05) is 6.07 Å². The number of benzene rings is 1. The zero-order chi connectivity index (χ0) is 21.4. The number of hydrogen-bond donors (Lipinski definition) is 2. The average molecular weight is 439 g/mol. The summed E-state index contributed by atoms with van der Waals surface area (Å²) in [6.45, 7) is 3.70. The van der Waals surface area contributed by atoms with Gasteiger partial charge in [-0.1, -0.05) is 11.6 Å². The van der Waals surface area contributed by atoms with E-state index in [0.29, 0.717) is 16.3 Å². The second-order valence-electron chi connectivity index (χ2n) is 7.28. The third-order valence-corrected chi connectivity index (χ3v) is 5.56. The van der Waals surface area contributed by atoms with E-state index >= 15 is 0 Å². The standard InChI is InChI=1S/C21H19ClN6O3/c22-14-1-2-15-13(9-14)12-28(20(15)30)21-25-11-18(31-21)19(29)26-16-10-24-4-3-17(16)27-7-5-23-6-8-27/h1-4,9-11,23H,5-8,12H2,(H,26,29). The van der Waals surface area contributed by atoms with E-state index in [9.17, 15) is 9.59 Å². The quantitative estimate of drug-likeness (QED) is 0.645. The van der Waals surface area contributed by atoms with Gasteiger partial charge in [0.15, 0.2) is 0 Å². The highest BCUT2D eigenvalue weighted by Gasteiger charge is 2.32. The monoisotopic (exact) mass is 438 g/mol. The fourth-order valence-corrected chi connectivity index (χ4v) is 3.98. The Balaban J connectivity index is 1.33. The number of halogens is 1. The lowest BCUT2D eigenvalue weighted by atomic mass is 10.1. The van der Waals surface area contributed by atoms with Crippen LogP contribution in [-0.4, -0.2) is 48.0 Å². The van der Waals surface area contributed by atoms with Crippen molar-refractivity contribution in [3.63, 3.8) is 0 Å². The number of piperazine rings is 1. The van der Waals surface area contributed by atoms with Crippen LogP contribution in [0.5, 0.6) is 0 Å². The van der Waals surface area contributed by atoms with Gasteiger partial charge in [0, 0.05) is 43.0 Å². The lowest BCUT2D eigenvalue weighted by Crippen LogP contribution is -2.43. The third kappa shape index (κ3) is 3.73. The molecule has 1 saturated heterocycles. The van der Waals surface area contributed by atoms with Crippen molar-refractivity contribution in [3.05, 3.63) is 64.8 Å². The third-order valence-electron chi connectivity index (χ3n) is 5.32. The van der Waals surface area contributed by atoms with E-state index in [-0.39, 0.29) is 24.2 Å². The highest BCUT2D eigenvalue weighted by Crippen LogP contribution is 2.30. The van der Waals surface area contributed by atoms with Crippen LogP contribution in [0.25, 0.3) is 0 Å². The second kappa shape index (κ2) is 8.01. The first-order chi connectivity index (χ1) is 15.1. The van der Waals surface area contributed by atoms with Gasteiger partial charge in [-0.15, -0.1) is 0 Å². The van der Waals surface area contributed by atoms with Crippen LogP contribution in [0, 0.1) is 0 Å². The van der Waals surface area contributed by atoms with Crippen LogP contribution in [0.3, 0.4) is 0 Å². The molecule has 1 fully saturated rings. The van der Waals surface area contributed by atoms with Gasteiger partial charge in [0.1, 0.15) is 0 Å². The van der Waals surface area contributed by atoms with Gasteiger partial charge in [0.25, 0.3) is 11.8 Å². The van der Waals surface area contributed by atoms with Crippen LogP contribution in [0.2, 0.25) is 5.02 Å². The molecule has 3 aromatic rings. The van der Waals surface area contributed by atoms with Crippen molar-refractivity contribution in [1.29, 1.82) is 0 Å². The molecule has 2 N–H and O–H groups in total. The maximum absolute atomic E-state index is 12.8. The largest absolute Gasteiger partial charge is 0.418 e. The van der Waals surface area contributed by atoms with Crippen molar-refractivity contribution in [2.24, 2.45) is 0 Å². The van der Waals surface area contributed by atoms with Gasteiger partial charge in [-0.25, -0.2) is 4.98 Å². The first-order valence-corrected chi connectivity index (χ1v) is 10.2. The predicted octanol–water partition coefficient (Wildman–Crippen LogP) is 2.55. The van der Waals surface area contributed by atoms with E-state index in [2.05, 4.69) is 25.5 Å². The molecule has 0 unspecified atom stereocenters. The van der Waals surface area contributed by atoms with E-state index in [4.69, 9.17) is 16.0 Å². The number of aromatic nitrogens is 2. The summed E-state index contributed by atoms with van der Waals surface area (Å²) in [6.07, 6.45) is 4.62. The summed E-state index contributed by atoms with van der Waals surface area (Å²) in [5.74, 6) is -0.698. The Morgan fingerprint density at radius 2 is 2.03 bits per heavy atom. The summed E-state index contributed by atoms with van der Waals surface area (Å²) in [7, 11) is 0. The number of pyridine rings is 1. The molecule has 0 aliphatic carbocycles. The first kappa shape index (κ1) is 19.5. The molecule has 0 bridgehead atoms. The molecular weight excluding hydrogens is 420 g/mol. The molecule has 1 aromatic carbocycles. The van der Waals surface area contributed by atoms with Crippen LogP contribution in [0.4, 0.5) is 17.4 Å². The second-order valence-corrected chi connectivity index (χ2v) is 7.72. The maximum Gasteiger partial charge on any atom is 0.305 e. The Labute approximate surface area is 183 Å². The Kier molecular flexibility index (Phi) is 5.05. The first-order valence-electron chi connectivity index (χ1n) is 9.87. The molecule has 0 radical (unpaired) electrons. The van der Waals surface area contributed by atoms with E-state index in [0.717, 1.165) is 37.4 Å². The summed E-state index contributed by atoms with van der Waals surface area (Å²) in [5.41, 5.74) is 2.82. The number of rotatable bonds is 4. The van der Waals surface area contributed by atoms with Crippen molar-refractivity contribution in [1.82, 2.24) is 15.3 Å². The number of anilines is 3. The number of carbonyl (C=O) groups is 2. The summed E-state index contributed by atoms with van der Waals surface area (Å²) in [4.78, 5) is 37.3. The molecular formula is C21H19ClN6O3. The van der Waals surface area contributed by atoms with Crippen LogP contribution < -0.4 is 20.4 Å². The Morgan fingerprint density at radius 1 is 1.19 bits per heavy atom. The van der Waals surface area contributed by atoms with E-state index in [1.54, 1.807) is 30.6 Å². The summed E-state index contributed by atoms with van der Waals surface area (Å²) in [6, 6.07) is 7.02. The summed E-state index contributed by atoms with van der Waals surface area (Å²) in [5, 5.41) is 6.70. The van der Waals surface area contributed by atoms with Crippen molar-refractivity contribution in [2.75, 3.05) is 41.3 Å². The average Bonchev–Trinajstić information content (AvgIpc) is 3.39. The lowest BCUT2D eigenvalue weighted by Gasteiger charge is -2.30. The van der Waals surface area contributed by atoms with Crippen molar-refractivity contribution in [3.8, 4) is 0 Å². The van der Waals surface area contributed by atoms with Gasteiger partial charge < -0.3 is 20.0 Å². The van der Waals surface area contributed by atoms with Crippen LogP contribution in [0.1, 0.15) is 26.5 Å². The van der Waals surface area contributed by atoms with E-state index in [1.165, 1.54) is 11.1 Å². The molecule has 2 amide bonds. The molecule has 9 nitrogen and oxygen atoms in total. The highest BCUT2D eigenvalue weighted by atomic mass is 35.5. The zero-order valence-electron chi connectivity index (χ0n) is 16.5.